The number of hydrogen-bond acceptors (Lipinski definition) is 2. The fraction of sp³-hybridized carbons (Fsp3) is 0.312. The Hall–Kier alpha value is -1.61. The van der Waals surface area contributed by atoms with Crippen molar-refractivity contribution in [2.45, 2.75) is 18.8 Å². The molecule has 0 N–H and O–H groups in total. The van der Waals surface area contributed by atoms with Gasteiger partial charge in [0.15, 0.2) is 0 Å². The zero-order chi connectivity index (χ0) is 13.5. The van der Waals surface area contributed by atoms with Crippen molar-refractivity contribution in [2.75, 3.05) is 11.9 Å². The summed E-state index contributed by atoms with van der Waals surface area (Å²) in [6.45, 7) is 2.19. The SMILES string of the molecule is CN(C(=O)[C@@H]1C[C@]1(C)c1ccccc1)c1ccsc1. The molecule has 1 aliphatic rings. The van der Waals surface area contributed by atoms with Crippen molar-refractivity contribution in [1.82, 2.24) is 0 Å². The van der Waals surface area contributed by atoms with Crippen LogP contribution in [0.15, 0.2) is 47.2 Å². The summed E-state index contributed by atoms with van der Waals surface area (Å²) < 4.78 is 0. The van der Waals surface area contributed by atoms with Gasteiger partial charge in [-0.3, -0.25) is 4.79 Å². The van der Waals surface area contributed by atoms with Gasteiger partial charge in [0.25, 0.3) is 0 Å². The van der Waals surface area contributed by atoms with Crippen LogP contribution in [0.2, 0.25) is 0 Å². The normalized spacial score (nSPS) is 25.1. The van der Waals surface area contributed by atoms with E-state index >= 15 is 0 Å². The van der Waals surface area contributed by atoms with E-state index in [0.29, 0.717) is 0 Å². The maximum atomic E-state index is 12.5. The summed E-state index contributed by atoms with van der Waals surface area (Å²) in [6.07, 6.45) is 0.949. The lowest BCUT2D eigenvalue weighted by atomic mass is 9.95. The minimum atomic E-state index is 0.0165. The second-order valence-electron chi connectivity index (χ2n) is 5.42. The smallest absolute Gasteiger partial charge is 0.230 e. The van der Waals surface area contributed by atoms with Gasteiger partial charge in [-0.1, -0.05) is 37.3 Å². The predicted molar refractivity (Wildman–Crippen MR) is 79.6 cm³/mol. The number of benzene rings is 1. The van der Waals surface area contributed by atoms with Gasteiger partial charge >= 0.3 is 0 Å². The number of carbonyl (C=O) groups excluding carboxylic acids is 1. The summed E-state index contributed by atoms with van der Waals surface area (Å²) in [5.74, 6) is 0.338. The molecule has 2 nitrogen and oxygen atoms in total. The van der Waals surface area contributed by atoms with Crippen molar-refractivity contribution in [3.63, 3.8) is 0 Å². The quantitative estimate of drug-likeness (QED) is 0.833. The van der Waals surface area contributed by atoms with Crippen molar-refractivity contribution in [3.05, 3.63) is 52.7 Å². The first kappa shape index (κ1) is 12.4. The second kappa shape index (κ2) is 4.49. The molecule has 0 radical (unpaired) electrons. The highest BCUT2D eigenvalue weighted by atomic mass is 32.1. The number of thiophene rings is 1. The highest BCUT2D eigenvalue weighted by molar-refractivity contribution is 7.08. The van der Waals surface area contributed by atoms with Crippen LogP contribution in [0.1, 0.15) is 18.9 Å². The van der Waals surface area contributed by atoms with Crippen LogP contribution in [-0.4, -0.2) is 13.0 Å². The van der Waals surface area contributed by atoms with Crippen molar-refractivity contribution < 1.29 is 4.79 Å². The van der Waals surface area contributed by atoms with Crippen LogP contribution in [0.3, 0.4) is 0 Å². The zero-order valence-corrected chi connectivity index (χ0v) is 12.0. The minimum Gasteiger partial charge on any atom is -0.314 e. The minimum absolute atomic E-state index is 0.0165. The van der Waals surface area contributed by atoms with Crippen LogP contribution < -0.4 is 4.90 Å². The number of nitrogens with zero attached hydrogens (tertiary/aromatic N) is 1. The lowest BCUT2D eigenvalue weighted by Crippen LogP contribution is -2.29. The summed E-state index contributed by atoms with van der Waals surface area (Å²) in [5, 5.41) is 4.02. The van der Waals surface area contributed by atoms with E-state index in [4.69, 9.17) is 0 Å². The Morgan fingerprint density at radius 2 is 2.05 bits per heavy atom. The third-order valence-corrected chi connectivity index (χ3v) is 4.86. The van der Waals surface area contributed by atoms with Gasteiger partial charge in [-0.2, -0.15) is 11.3 Å². The molecule has 3 heteroatoms. The first-order valence-corrected chi connectivity index (χ1v) is 7.42. The number of anilines is 1. The molecular weight excluding hydrogens is 254 g/mol. The fourth-order valence-electron chi connectivity index (χ4n) is 2.67. The summed E-state index contributed by atoms with van der Waals surface area (Å²) in [7, 11) is 1.87. The van der Waals surface area contributed by atoms with E-state index < -0.39 is 0 Å². The van der Waals surface area contributed by atoms with Crippen LogP contribution in [0.5, 0.6) is 0 Å². The summed E-state index contributed by atoms with van der Waals surface area (Å²) in [4.78, 5) is 14.3. The van der Waals surface area contributed by atoms with Crippen molar-refractivity contribution in [2.24, 2.45) is 5.92 Å². The van der Waals surface area contributed by atoms with Crippen LogP contribution >= 0.6 is 11.3 Å². The van der Waals surface area contributed by atoms with Crippen molar-refractivity contribution in [1.29, 1.82) is 0 Å². The lowest BCUT2D eigenvalue weighted by Gasteiger charge is -2.18. The Kier molecular flexibility index (Phi) is 2.94. The molecule has 0 bridgehead atoms. The molecule has 19 heavy (non-hydrogen) atoms. The Bertz CT molecular complexity index is 578. The number of rotatable bonds is 3. The Morgan fingerprint density at radius 1 is 1.32 bits per heavy atom. The number of carbonyl (C=O) groups is 1. The van der Waals surface area contributed by atoms with Gasteiger partial charge in [-0.15, -0.1) is 0 Å². The molecule has 2 atom stereocenters. The van der Waals surface area contributed by atoms with E-state index in [2.05, 4.69) is 19.1 Å². The highest BCUT2D eigenvalue weighted by Crippen LogP contribution is 2.54. The lowest BCUT2D eigenvalue weighted by molar-refractivity contribution is -0.119. The van der Waals surface area contributed by atoms with Gasteiger partial charge in [-0.05, 0) is 23.4 Å². The predicted octanol–water partition coefficient (Wildman–Crippen LogP) is 3.69. The largest absolute Gasteiger partial charge is 0.314 e. The van der Waals surface area contributed by atoms with E-state index in [0.717, 1.165) is 12.1 Å². The fourth-order valence-corrected chi connectivity index (χ4v) is 3.34. The summed E-state index contributed by atoms with van der Waals surface area (Å²) in [6, 6.07) is 12.3. The van der Waals surface area contributed by atoms with E-state index in [1.165, 1.54) is 5.56 Å². The molecule has 98 valence electrons. The van der Waals surface area contributed by atoms with E-state index in [9.17, 15) is 4.79 Å². The maximum Gasteiger partial charge on any atom is 0.230 e. The molecule has 1 saturated carbocycles. The standard InChI is InChI=1S/C16H17NOS/c1-16(12-6-4-3-5-7-12)10-14(16)15(18)17(2)13-8-9-19-11-13/h3-9,11,14H,10H2,1-2H3/t14-,16+/m0/s1. The molecule has 1 heterocycles. The molecule has 1 fully saturated rings. The van der Waals surface area contributed by atoms with Gasteiger partial charge in [0.2, 0.25) is 5.91 Å². The molecule has 0 unspecified atom stereocenters. The van der Waals surface area contributed by atoms with E-state index in [1.54, 1.807) is 16.2 Å². The Morgan fingerprint density at radius 3 is 2.68 bits per heavy atom. The van der Waals surface area contributed by atoms with Gasteiger partial charge < -0.3 is 4.90 Å². The highest BCUT2D eigenvalue weighted by Gasteiger charge is 2.56. The molecular formula is C16H17NOS. The van der Waals surface area contributed by atoms with Gasteiger partial charge in [-0.25, -0.2) is 0 Å². The molecule has 0 saturated heterocycles. The molecule has 1 aromatic carbocycles. The van der Waals surface area contributed by atoms with Crippen LogP contribution in [-0.2, 0) is 10.2 Å². The Labute approximate surface area is 117 Å². The molecule has 0 aliphatic heterocycles. The average Bonchev–Trinajstić information content (AvgIpc) is 2.90. The van der Waals surface area contributed by atoms with Crippen molar-refractivity contribution in [3.8, 4) is 0 Å². The molecule has 1 aromatic heterocycles. The molecule has 1 amide bonds. The topological polar surface area (TPSA) is 20.3 Å². The van der Waals surface area contributed by atoms with Crippen LogP contribution in [0.25, 0.3) is 0 Å². The van der Waals surface area contributed by atoms with Gasteiger partial charge in [0.1, 0.15) is 0 Å². The first-order valence-electron chi connectivity index (χ1n) is 6.48. The summed E-state index contributed by atoms with van der Waals surface area (Å²) >= 11 is 1.62. The molecule has 0 spiro atoms. The van der Waals surface area contributed by atoms with E-state index in [-0.39, 0.29) is 17.2 Å². The van der Waals surface area contributed by atoms with Gasteiger partial charge in [0.05, 0.1) is 5.69 Å². The molecule has 3 rings (SSSR count). The van der Waals surface area contributed by atoms with Crippen molar-refractivity contribution >= 4 is 22.9 Å². The summed E-state index contributed by atoms with van der Waals surface area (Å²) in [5.41, 5.74) is 2.28. The maximum absolute atomic E-state index is 12.5. The number of hydrogen-bond donors (Lipinski definition) is 0. The first-order chi connectivity index (χ1) is 9.13. The third-order valence-electron chi connectivity index (χ3n) is 4.19. The second-order valence-corrected chi connectivity index (χ2v) is 6.20. The average molecular weight is 271 g/mol. The zero-order valence-electron chi connectivity index (χ0n) is 11.2. The third kappa shape index (κ3) is 2.08. The molecule has 2 aromatic rings. The van der Waals surface area contributed by atoms with Gasteiger partial charge in [0, 0.05) is 23.8 Å². The molecule has 1 aliphatic carbocycles. The Balaban J connectivity index is 1.78. The van der Waals surface area contributed by atoms with Crippen LogP contribution in [0, 0.1) is 5.92 Å². The van der Waals surface area contributed by atoms with E-state index in [1.807, 2.05) is 42.1 Å². The van der Waals surface area contributed by atoms with Crippen LogP contribution in [0.4, 0.5) is 5.69 Å². The number of amides is 1. The monoisotopic (exact) mass is 271 g/mol.